The zero-order valence-electron chi connectivity index (χ0n) is 21.3. The zero-order chi connectivity index (χ0) is 27.4. The van der Waals surface area contributed by atoms with E-state index in [0.717, 1.165) is 35.8 Å². The highest BCUT2D eigenvalue weighted by atomic mass is 32.2. The summed E-state index contributed by atoms with van der Waals surface area (Å²) in [7, 11) is 1.49. The van der Waals surface area contributed by atoms with E-state index < -0.39 is 11.9 Å². The molecule has 0 bridgehead atoms. The van der Waals surface area contributed by atoms with Crippen LogP contribution in [0.3, 0.4) is 0 Å². The number of anilines is 2. The first-order valence-electron chi connectivity index (χ1n) is 12.3. The number of hydrogen-bond donors (Lipinski definition) is 3. The van der Waals surface area contributed by atoms with E-state index in [2.05, 4.69) is 25.3 Å². The third-order valence-corrected chi connectivity index (χ3v) is 7.83. The number of thiazole rings is 1. The average molecular weight is 577 g/mol. The smallest absolute Gasteiger partial charge is 0.399 e. The summed E-state index contributed by atoms with van der Waals surface area (Å²) in [6.45, 7) is 3.75. The van der Waals surface area contributed by atoms with Crippen LogP contribution in [0.1, 0.15) is 17.8 Å². The van der Waals surface area contributed by atoms with Crippen LogP contribution in [0.15, 0.2) is 42.6 Å². The quantitative estimate of drug-likeness (QED) is 0.189. The molecule has 206 valence electrons. The minimum Gasteiger partial charge on any atom is -0.493 e. The van der Waals surface area contributed by atoms with Gasteiger partial charge in [-0.2, -0.15) is 13.2 Å². The lowest BCUT2D eigenvalue weighted by Gasteiger charge is -2.23. The number of aromatic nitrogens is 3. The van der Waals surface area contributed by atoms with Gasteiger partial charge in [-0.25, -0.2) is 15.0 Å². The van der Waals surface area contributed by atoms with Gasteiger partial charge in [-0.05, 0) is 44.3 Å². The Morgan fingerprint density at radius 1 is 1.18 bits per heavy atom. The molecule has 1 aliphatic rings. The Labute approximate surface area is 231 Å². The van der Waals surface area contributed by atoms with Gasteiger partial charge in [-0.3, -0.25) is 0 Å². The van der Waals surface area contributed by atoms with Crippen molar-refractivity contribution in [2.45, 2.75) is 32.0 Å². The average Bonchev–Trinajstić information content (AvgIpc) is 3.29. The van der Waals surface area contributed by atoms with E-state index in [1.165, 1.54) is 18.4 Å². The van der Waals surface area contributed by atoms with Gasteiger partial charge in [0, 0.05) is 35.6 Å². The minimum atomic E-state index is -4.29. The monoisotopic (exact) mass is 576 g/mol. The SMILES string of the molecule is COc1cc(NSCC(F)(F)F)c2ccccc2c1Oc1nc(C)sc1-c1ccnc(NC2CCCNC2)n1. The lowest BCUT2D eigenvalue weighted by atomic mass is 10.1. The molecule has 0 aliphatic carbocycles. The molecule has 13 heteroatoms. The predicted molar refractivity (Wildman–Crippen MR) is 150 cm³/mol. The summed E-state index contributed by atoms with van der Waals surface area (Å²) >= 11 is 2.02. The van der Waals surface area contributed by atoms with Gasteiger partial charge >= 0.3 is 6.18 Å². The van der Waals surface area contributed by atoms with Gasteiger partial charge in [0.1, 0.15) is 10.6 Å². The maximum atomic E-state index is 12.7. The predicted octanol–water partition coefficient (Wildman–Crippen LogP) is 6.65. The fourth-order valence-electron chi connectivity index (χ4n) is 4.31. The van der Waals surface area contributed by atoms with Gasteiger partial charge in [0.2, 0.25) is 11.8 Å². The van der Waals surface area contributed by atoms with Crippen LogP contribution >= 0.6 is 23.3 Å². The number of halogens is 3. The summed E-state index contributed by atoms with van der Waals surface area (Å²) in [6, 6.07) is 11.0. The largest absolute Gasteiger partial charge is 0.493 e. The minimum absolute atomic E-state index is 0.255. The number of rotatable bonds is 9. The number of piperidine rings is 1. The second-order valence-electron chi connectivity index (χ2n) is 8.93. The van der Waals surface area contributed by atoms with Crippen LogP contribution in [-0.4, -0.2) is 53.1 Å². The molecule has 0 saturated carbocycles. The van der Waals surface area contributed by atoms with Crippen molar-refractivity contribution in [3.8, 4) is 28.0 Å². The molecular weight excluding hydrogens is 549 g/mol. The van der Waals surface area contributed by atoms with Gasteiger partial charge in [-0.1, -0.05) is 24.3 Å². The number of ether oxygens (including phenoxy) is 2. The van der Waals surface area contributed by atoms with Crippen molar-refractivity contribution in [3.63, 3.8) is 0 Å². The molecule has 1 fully saturated rings. The highest BCUT2D eigenvalue weighted by Gasteiger charge is 2.27. The molecule has 0 amide bonds. The Morgan fingerprint density at radius 2 is 2.00 bits per heavy atom. The highest BCUT2D eigenvalue weighted by Crippen LogP contribution is 2.46. The third kappa shape index (κ3) is 6.65. The molecule has 1 aliphatic heterocycles. The number of nitrogens with one attached hydrogen (secondary N) is 3. The van der Waals surface area contributed by atoms with Gasteiger partial charge in [0.05, 0.1) is 23.5 Å². The lowest BCUT2D eigenvalue weighted by Crippen LogP contribution is -2.38. The Kier molecular flexibility index (Phi) is 8.29. The van der Waals surface area contributed by atoms with E-state index >= 15 is 0 Å². The van der Waals surface area contributed by atoms with E-state index in [1.54, 1.807) is 12.3 Å². The molecule has 4 aromatic rings. The van der Waals surface area contributed by atoms with Crippen LogP contribution in [0.25, 0.3) is 21.3 Å². The number of hydrogen-bond acceptors (Lipinski definition) is 10. The van der Waals surface area contributed by atoms with Gasteiger partial charge in [0.25, 0.3) is 0 Å². The number of methoxy groups -OCH3 is 1. The maximum absolute atomic E-state index is 12.7. The van der Waals surface area contributed by atoms with Crippen LogP contribution in [0.4, 0.5) is 24.8 Å². The van der Waals surface area contributed by atoms with Crippen LogP contribution in [0.2, 0.25) is 0 Å². The molecule has 2 aromatic carbocycles. The number of aryl methyl sites for hydroxylation is 1. The molecule has 2 aromatic heterocycles. The first-order valence-corrected chi connectivity index (χ1v) is 14.1. The number of fused-ring (bicyclic) bond motifs is 1. The van der Waals surface area contributed by atoms with Crippen LogP contribution in [0.5, 0.6) is 17.4 Å². The molecule has 0 radical (unpaired) electrons. The van der Waals surface area contributed by atoms with Crippen molar-refractivity contribution in [2.75, 3.05) is 36.0 Å². The Hall–Kier alpha value is -3.29. The highest BCUT2D eigenvalue weighted by molar-refractivity contribution is 8.00. The molecule has 1 unspecified atom stereocenters. The van der Waals surface area contributed by atoms with Gasteiger partial charge < -0.3 is 24.8 Å². The second-order valence-corrected chi connectivity index (χ2v) is 10.9. The Balaban J connectivity index is 1.47. The van der Waals surface area contributed by atoms with E-state index in [9.17, 15) is 13.2 Å². The summed E-state index contributed by atoms with van der Waals surface area (Å²) < 4.78 is 53.0. The summed E-state index contributed by atoms with van der Waals surface area (Å²) in [6.07, 6.45) is -0.451. The third-order valence-electron chi connectivity index (χ3n) is 6.02. The Bertz CT molecular complexity index is 1440. The topological polar surface area (TPSA) is 93.2 Å². The Morgan fingerprint density at radius 3 is 2.74 bits per heavy atom. The van der Waals surface area contributed by atoms with Crippen molar-refractivity contribution in [3.05, 3.63) is 47.6 Å². The zero-order valence-corrected chi connectivity index (χ0v) is 22.9. The molecule has 3 heterocycles. The van der Waals surface area contributed by atoms with Crippen molar-refractivity contribution < 1.29 is 22.6 Å². The van der Waals surface area contributed by atoms with Crippen LogP contribution < -0.4 is 24.8 Å². The summed E-state index contributed by atoms with van der Waals surface area (Å²) in [5, 5.41) is 8.91. The summed E-state index contributed by atoms with van der Waals surface area (Å²) in [5.41, 5.74) is 1.16. The second kappa shape index (κ2) is 11.8. The van der Waals surface area contributed by atoms with E-state index in [-0.39, 0.29) is 6.04 Å². The number of nitrogens with zero attached hydrogens (tertiary/aromatic N) is 3. The fraction of sp³-hybridized carbons (Fsp3) is 0.346. The lowest BCUT2D eigenvalue weighted by molar-refractivity contribution is -0.105. The van der Waals surface area contributed by atoms with Gasteiger partial charge in [-0.15, -0.1) is 11.3 Å². The number of alkyl halides is 3. The maximum Gasteiger partial charge on any atom is 0.399 e. The summed E-state index contributed by atoms with van der Waals surface area (Å²) in [4.78, 5) is 14.5. The summed E-state index contributed by atoms with van der Waals surface area (Å²) in [5.74, 6) is 0.628. The molecule has 1 atom stereocenters. The first-order chi connectivity index (χ1) is 18.8. The first kappa shape index (κ1) is 27.3. The molecule has 5 rings (SSSR count). The van der Waals surface area contributed by atoms with Gasteiger partial charge in [0.15, 0.2) is 11.5 Å². The van der Waals surface area contributed by atoms with Crippen molar-refractivity contribution in [2.24, 2.45) is 0 Å². The fourth-order valence-corrected chi connectivity index (χ4v) is 5.69. The van der Waals surface area contributed by atoms with E-state index in [0.29, 0.717) is 57.4 Å². The van der Waals surface area contributed by atoms with Crippen LogP contribution in [0, 0.1) is 6.92 Å². The van der Waals surface area contributed by atoms with Crippen molar-refractivity contribution >= 4 is 45.7 Å². The van der Waals surface area contributed by atoms with Crippen molar-refractivity contribution in [1.29, 1.82) is 0 Å². The standard InChI is InChI=1S/C26H27F3N6O2S2/c1-15-32-24(23(39-15)19-9-11-31-25(34-19)33-16-6-5-10-30-13-16)37-22-18-8-4-3-7-17(18)20(12-21(22)36-2)35-38-14-26(27,28)29/h3-4,7-9,11-12,16,30,35H,5-6,10,13-14H2,1-2H3,(H,31,33,34). The normalized spacial score (nSPS) is 15.8. The molecule has 1 saturated heterocycles. The molecule has 8 nitrogen and oxygen atoms in total. The molecule has 39 heavy (non-hydrogen) atoms. The molecular formula is C26H27F3N6O2S2. The van der Waals surface area contributed by atoms with Crippen LogP contribution in [-0.2, 0) is 0 Å². The molecule has 0 spiro atoms. The number of benzene rings is 2. The van der Waals surface area contributed by atoms with Crippen molar-refractivity contribution in [1.82, 2.24) is 20.3 Å². The molecule has 3 N–H and O–H groups in total. The van der Waals surface area contributed by atoms with E-state index in [1.807, 2.05) is 37.3 Å². The van der Waals surface area contributed by atoms with E-state index in [4.69, 9.17) is 14.5 Å².